The average molecular weight is 471 g/mol. The number of amides is 2. The van der Waals surface area contributed by atoms with Gasteiger partial charge < -0.3 is 14.8 Å². The number of hydrogen-bond donors (Lipinski definition) is 2. The molecule has 0 atom stereocenters. The molecule has 0 spiro atoms. The fraction of sp³-hybridized carbons (Fsp3) is 0.176. The van der Waals surface area contributed by atoms with Gasteiger partial charge in [0, 0.05) is 21.8 Å². The van der Waals surface area contributed by atoms with E-state index in [1.165, 1.54) is 6.21 Å². The number of nitrogens with zero attached hydrogens (tertiary/aromatic N) is 1. The molecule has 8 heteroatoms. The summed E-state index contributed by atoms with van der Waals surface area (Å²) in [6.07, 6.45) is 1.50. The molecule has 0 unspecified atom stereocenters. The Morgan fingerprint density at radius 1 is 1.08 bits per heavy atom. The van der Waals surface area contributed by atoms with Gasteiger partial charge >= 0.3 is 6.03 Å². The maximum absolute atomic E-state index is 11.9. The third-order valence-corrected chi connectivity index (χ3v) is 4.80. The predicted octanol–water partition coefficient (Wildman–Crippen LogP) is 4.69. The van der Waals surface area contributed by atoms with Crippen LogP contribution in [0.4, 0.5) is 10.5 Å². The Kier molecular flexibility index (Phi) is 6.83. The predicted molar refractivity (Wildman–Crippen MR) is 106 cm³/mol. The lowest BCUT2D eigenvalue weighted by atomic mass is 10.2. The van der Waals surface area contributed by atoms with Gasteiger partial charge in [-0.15, -0.1) is 0 Å². The zero-order chi connectivity index (χ0) is 18.4. The van der Waals surface area contributed by atoms with Crippen LogP contribution in [0, 0.1) is 6.92 Å². The van der Waals surface area contributed by atoms with Gasteiger partial charge in [0.05, 0.1) is 24.9 Å². The highest BCUT2D eigenvalue weighted by Crippen LogP contribution is 2.31. The van der Waals surface area contributed by atoms with Crippen LogP contribution in [0.5, 0.6) is 11.5 Å². The molecule has 0 fully saturated rings. The zero-order valence-corrected chi connectivity index (χ0v) is 17.1. The van der Waals surface area contributed by atoms with E-state index in [0.717, 1.165) is 14.5 Å². The molecule has 6 nitrogen and oxygen atoms in total. The van der Waals surface area contributed by atoms with Crippen LogP contribution in [-0.4, -0.2) is 26.5 Å². The molecule has 0 bridgehead atoms. The van der Waals surface area contributed by atoms with Crippen LogP contribution in [0.3, 0.4) is 0 Å². The van der Waals surface area contributed by atoms with Crippen molar-refractivity contribution in [3.05, 3.63) is 50.4 Å². The summed E-state index contributed by atoms with van der Waals surface area (Å²) in [4.78, 5) is 11.9. The van der Waals surface area contributed by atoms with Crippen molar-refractivity contribution in [3.63, 3.8) is 0 Å². The molecule has 0 aromatic heterocycles. The van der Waals surface area contributed by atoms with E-state index in [2.05, 4.69) is 47.7 Å². The molecule has 0 saturated carbocycles. The molecule has 25 heavy (non-hydrogen) atoms. The topological polar surface area (TPSA) is 72.0 Å². The monoisotopic (exact) mass is 469 g/mol. The Hall–Kier alpha value is -2.06. The summed E-state index contributed by atoms with van der Waals surface area (Å²) < 4.78 is 12.2. The Balaban J connectivity index is 2.03. The van der Waals surface area contributed by atoms with Gasteiger partial charge in [-0.25, -0.2) is 10.2 Å². The van der Waals surface area contributed by atoms with Crippen LogP contribution in [0.1, 0.15) is 11.1 Å². The van der Waals surface area contributed by atoms with Crippen molar-refractivity contribution >= 4 is 49.8 Å². The standard InChI is InChI=1S/C17H17Br2N3O3/c1-10-6-12(4-5-13(10)18)21-17(23)22-20-9-11-7-14(19)16(25-3)8-15(11)24-2/h4-9H,1-3H3,(H2,21,22,23)/b20-9+. The minimum absolute atomic E-state index is 0.440. The molecular formula is C17H17Br2N3O3. The lowest BCUT2D eigenvalue weighted by molar-refractivity contribution is 0.252. The minimum atomic E-state index is -0.440. The average Bonchev–Trinajstić information content (AvgIpc) is 2.58. The summed E-state index contributed by atoms with van der Waals surface area (Å²) in [5.74, 6) is 1.22. The van der Waals surface area contributed by atoms with Crippen LogP contribution < -0.4 is 20.2 Å². The van der Waals surface area contributed by atoms with Crippen molar-refractivity contribution in [1.29, 1.82) is 0 Å². The highest BCUT2D eigenvalue weighted by atomic mass is 79.9. The number of hydrogen-bond acceptors (Lipinski definition) is 4. The molecule has 0 heterocycles. The van der Waals surface area contributed by atoms with Crippen LogP contribution in [0.15, 0.2) is 44.4 Å². The number of ether oxygens (including phenoxy) is 2. The lowest BCUT2D eigenvalue weighted by Crippen LogP contribution is -2.24. The molecular weight excluding hydrogens is 454 g/mol. The molecule has 2 rings (SSSR count). The van der Waals surface area contributed by atoms with Gasteiger partial charge in [0.25, 0.3) is 0 Å². The number of urea groups is 1. The highest BCUT2D eigenvalue weighted by molar-refractivity contribution is 9.10. The van der Waals surface area contributed by atoms with Gasteiger partial charge in [0.1, 0.15) is 11.5 Å². The van der Waals surface area contributed by atoms with Crippen molar-refractivity contribution in [2.45, 2.75) is 6.92 Å². The number of rotatable bonds is 5. The van der Waals surface area contributed by atoms with Crippen molar-refractivity contribution in [2.75, 3.05) is 19.5 Å². The smallest absolute Gasteiger partial charge is 0.339 e. The molecule has 2 amide bonds. The summed E-state index contributed by atoms with van der Waals surface area (Å²) in [7, 11) is 3.12. The fourth-order valence-corrected chi connectivity index (χ4v) is 2.80. The third kappa shape index (κ3) is 5.20. The van der Waals surface area contributed by atoms with Crippen LogP contribution >= 0.6 is 31.9 Å². The first kappa shape index (κ1) is 19.3. The van der Waals surface area contributed by atoms with E-state index in [1.807, 2.05) is 19.1 Å². The van der Waals surface area contributed by atoms with Gasteiger partial charge in [-0.2, -0.15) is 5.10 Å². The van der Waals surface area contributed by atoms with E-state index in [0.29, 0.717) is 22.7 Å². The number of anilines is 1. The summed E-state index contributed by atoms with van der Waals surface area (Å²) >= 11 is 6.82. The summed E-state index contributed by atoms with van der Waals surface area (Å²) in [6.45, 7) is 1.94. The molecule has 2 N–H and O–H groups in total. The highest BCUT2D eigenvalue weighted by Gasteiger charge is 2.08. The lowest BCUT2D eigenvalue weighted by Gasteiger charge is -2.09. The molecule has 0 saturated heterocycles. The van der Waals surface area contributed by atoms with Crippen molar-refractivity contribution in [1.82, 2.24) is 5.43 Å². The van der Waals surface area contributed by atoms with E-state index < -0.39 is 6.03 Å². The second-order valence-electron chi connectivity index (χ2n) is 5.02. The van der Waals surface area contributed by atoms with Gasteiger partial charge in [-0.05, 0) is 52.7 Å². The molecule has 2 aromatic rings. The van der Waals surface area contributed by atoms with Crippen molar-refractivity contribution in [3.8, 4) is 11.5 Å². The number of carbonyl (C=O) groups excluding carboxylic acids is 1. The fourth-order valence-electron chi connectivity index (χ4n) is 2.03. The largest absolute Gasteiger partial charge is 0.496 e. The quantitative estimate of drug-likeness (QED) is 0.491. The molecule has 132 valence electrons. The van der Waals surface area contributed by atoms with Gasteiger partial charge in [0.2, 0.25) is 0 Å². The molecule has 0 aliphatic rings. The number of aryl methyl sites for hydroxylation is 1. The normalized spacial score (nSPS) is 10.6. The van der Waals surface area contributed by atoms with Gasteiger partial charge in [-0.1, -0.05) is 15.9 Å². The van der Waals surface area contributed by atoms with Gasteiger partial charge in [-0.3, -0.25) is 0 Å². The van der Waals surface area contributed by atoms with Crippen molar-refractivity contribution in [2.24, 2.45) is 5.10 Å². The van der Waals surface area contributed by atoms with Gasteiger partial charge in [0.15, 0.2) is 0 Å². The number of benzene rings is 2. The zero-order valence-electron chi connectivity index (χ0n) is 13.9. The Bertz CT molecular complexity index is 810. The third-order valence-electron chi connectivity index (χ3n) is 3.29. The van der Waals surface area contributed by atoms with Crippen molar-refractivity contribution < 1.29 is 14.3 Å². The van der Waals surface area contributed by atoms with E-state index in [-0.39, 0.29) is 0 Å². The Morgan fingerprint density at radius 3 is 2.44 bits per heavy atom. The van der Waals surface area contributed by atoms with Crippen LogP contribution in [0.25, 0.3) is 0 Å². The van der Waals surface area contributed by atoms with Crippen LogP contribution in [-0.2, 0) is 0 Å². The Labute approximate surface area is 162 Å². The first-order valence-corrected chi connectivity index (χ1v) is 8.81. The van der Waals surface area contributed by atoms with E-state index in [9.17, 15) is 4.79 Å². The number of halogens is 2. The Morgan fingerprint density at radius 2 is 1.80 bits per heavy atom. The first-order chi connectivity index (χ1) is 11.9. The summed E-state index contributed by atoms with van der Waals surface area (Å²) in [5.41, 5.74) is 4.81. The maximum Gasteiger partial charge on any atom is 0.339 e. The maximum atomic E-state index is 11.9. The summed E-state index contributed by atoms with van der Waals surface area (Å²) in [5, 5.41) is 6.65. The van der Waals surface area contributed by atoms with Crippen LogP contribution in [0.2, 0.25) is 0 Å². The summed E-state index contributed by atoms with van der Waals surface area (Å²) in [6, 6.07) is 8.61. The minimum Gasteiger partial charge on any atom is -0.496 e. The molecule has 2 aromatic carbocycles. The van der Waals surface area contributed by atoms with E-state index in [4.69, 9.17) is 9.47 Å². The molecule has 0 aliphatic carbocycles. The first-order valence-electron chi connectivity index (χ1n) is 7.22. The molecule has 0 radical (unpaired) electrons. The second-order valence-corrected chi connectivity index (χ2v) is 6.73. The SMILES string of the molecule is COc1cc(OC)c(/C=N/NC(=O)Nc2ccc(Br)c(C)c2)cc1Br. The number of hydrazone groups is 1. The van der Waals surface area contributed by atoms with E-state index >= 15 is 0 Å². The molecule has 0 aliphatic heterocycles. The van der Waals surface area contributed by atoms with E-state index in [1.54, 1.807) is 32.4 Å². The number of methoxy groups -OCH3 is 2. The number of nitrogens with one attached hydrogen (secondary N) is 2. The second kappa shape index (κ2) is 8.87. The number of carbonyl (C=O) groups is 1.